The van der Waals surface area contributed by atoms with Gasteiger partial charge in [-0.1, -0.05) is 28.1 Å². The third-order valence-electron chi connectivity index (χ3n) is 4.93. The Morgan fingerprint density at radius 1 is 1.29 bits per heavy atom. The van der Waals surface area contributed by atoms with Crippen molar-refractivity contribution in [2.75, 3.05) is 13.7 Å². The average Bonchev–Trinajstić information content (AvgIpc) is 3.11. The first-order valence-corrected chi connectivity index (χ1v) is 9.51. The number of nitrogens with zero attached hydrogens (tertiary/aromatic N) is 1. The van der Waals surface area contributed by atoms with Crippen LogP contribution in [-0.4, -0.2) is 35.7 Å². The third kappa shape index (κ3) is 4.17. The number of aliphatic carboxylic acids is 1. The molecule has 1 aliphatic rings. The van der Waals surface area contributed by atoms with Crippen molar-refractivity contribution < 1.29 is 27.8 Å². The van der Waals surface area contributed by atoms with Crippen LogP contribution in [0.3, 0.4) is 0 Å². The summed E-state index contributed by atoms with van der Waals surface area (Å²) in [5, 5.41) is 9.63. The molecule has 2 atom stereocenters. The lowest BCUT2D eigenvalue weighted by molar-refractivity contribution is -0.143. The van der Waals surface area contributed by atoms with Crippen molar-refractivity contribution in [1.82, 2.24) is 4.90 Å². The van der Waals surface area contributed by atoms with Gasteiger partial charge in [0.05, 0.1) is 18.7 Å². The fraction of sp³-hybridized carbons (Fsp3) is 0.350. The van der Waals surface area contributed by atoms with E-state index in [1.165, 1.54) is 13.2 Å². The van der Waals surface area contributed by atoms with Gasteiger partial charge in [0.25, 0.3) is 0 Å². The zero-order valence-electron chi connectivity index (χ0n) is 15.0. The molecule has 2 unspecified atom stereocenters. The van der Waals surface area contributed by atoms with E-state index in [0.717, 1.165) is 16.6 Å². The van der Waals surface area contributed by atoms with Gasteiger partial charge in [-0.2, -0.15) is 13.2 Å². The number of benzene rings is 2. The maximum absolute atomic E-state index is 13.3. The minimum absolute atomic E-state index is 0.374. The van der Waals surface area contributed by atoms with Crippen LogP contribution in [0.5, 0.6) is 5.75 Å². The van der Waals surface area contributed by atoms with Crippen LogP contribution in [0.25, 0.3) is 0 Å². The SMILES string of the molecule is COc1ccc(Br)cc1C(c1cccc(C(F)(F)F)c1)N1CCCC1C(=O)O. The van der Waals surface area contributed by atoms with Gasteiger partial charge in [-0.15, -0.1) is 0 Å². The molecule has 3 rings (SSSR count). The van der Waals surface area contributed by atoms with Crippen molar-refractivity contribution in [3.63, 3.8) is 0 Å². The Hall–Kier alpha value is -2.06. The highest BCUT2D eigenvalue weighted by Crippen LogP contribution is 2.41. The maximum Gasteiger partial charge on any atom is 0.416 e. The average molecular weight is 458 g/mol. The lowest BCUT2D eigenvalue weighted by Crippen LogP contribution is -2.39. The number of likely N-dealkylation sites (tertiary alicyclic amines) is 1. The number of carboxylic acid groups (broad SMARTS) is 1. The molecule has 0 amide bonds. The zero-order chi connectivity index (χ0) is 20.5. The molecule has 150 valence electrons. The molecule has 0 bridgehead atoms. The summed E-state index contributed by atoms with van der Waals surface area (Å²) >= 11 is 3.39. The van der Waals surface area contributed by atoms with E-state index in [-0.39, 0.29) is 0 Å². The third-order valence-corrected chi connectivity index (χ3v) is 5.42. The van der Waals surface area contributed by atoms with Crippen LogP contribution < -0.4 is 4.74 Å². The topological polar surface area (TPSA) is 49.8 Å². The Kier molecular flexibility index (Phi) is 6.00. The molecule has 4 nitrogen and oxygen atoms in total. The Balaban J connectivity index is 2.19. The molecular weight excluding hydrogens is 439 g/mol. The minimum Gasteiger partial charge on any atom is -0.496 e. The highest BCUT2D eigenvalue weighted by atomic mass is 79.9. The smallest absolute Gasteiger partial charge is 0.416 e. The summed E-state index contributed by atoms with van der Waals surface area (Å²) in [6, 6.07) is 8.83. The van der Waals surface area contributed by atoms with Crippen LogP contribution in [0.1, 0.15) is 35.6 Å². The summed E-state index contributed by atoms with van der Waals surface area (Å²) < 4.78 is 46.0. The number of ether oxygens (including phenoxy) is 1. The van der Waals surface area contributed by atoms with Crippen LogP contribution in [0.2, 0.25) is 0 Å². The molecule has 1 heterocycles. The van der Waals surface area contributed by atoms with E-state index in [1.54, 1.807) is 29.2 Å². The van der Waals surface area contributed by atoms with Crippen molar-refractivity contribution in [2.45, 2.75) is 31.1 Å². The Morgan fingerprint density at radius 3 is 2.68 bits per heavy atom. The van der Waals surface area contributed by atoms with Gasteiger partial charge in [-0.3, -0.25) is 9.69 Å². The van der Waals surface area contributed by atoms with Gasteiger partial charge in [0.15, 0.2) is 0 Å². The summed E-state index contributed by atoms with van der Waals surface area (Å²) in [7, 11) is 1.48. The van der Waals surface area contributed by atoms with Crippen molar-refractivity contribution >= 4 is 21.9 Å². The summed E-state index contributed by atoms with van der Waals surface area (Å²) in [6.45, 7) is 0.466. The van der Waals surface area contributed by atoms with Crippen LogP contribution in [-0.2, 0) is 11.0 Å². The summed E-state index contributed by atoms with van der Waals surface area (Å²) in [5.74, 6) is -0.495. The fourth-order valence-electron chi connectivity index (χ4n) is 3.72. The monoisotopic (exact) mass is 457 g/mol. The maximum atomic E-state index is 13.3. The van der Waals surface area contributed by atoms with Gasteiger partial charge in [-0.05, 0) is 48.7 Å². The van der Waals surface area contributed by atoms with Crippen LogP contribution in [0, 0.1) is 0 Å². The lowest BCUT2D eigenvalue weighted by atomic mass is 9.94. The molecule has 2 aromatic rings. The molecule has 1 N–H and O–H groups in total. The second-order valence-electron chi connectivity index (χ2n) is 6.65. The standard InChI is InChI=1S/C20H19BrF3NO3/c1-28-17-8-7-14(21)11-15(17)18(25-9-3-6-16(25)19(26)27)12-4-2-5-13(10-12)20(22,23)24/h2,4-5,7-8,10-11,16,18H,3,6,9H2,1H3,(H,26,27). The van der Waals surface area contributed by atoms with E-state index in [9.17, 15) is 23.1 Å². The number of hydrogen-bond acceptors (Lipinski definition) is 3. The molecule has 0 spiro atoms. The first kappa shape index (κ1) is 20.7. The molecule has 0 saturated carbocycles. The largest absolute Gasteiger partial charge is 0.496 e. The van der Waals surface area contributed by atoms with E-state index < -0.39 is 29.8 Å². The van der Waals surface area contributed by atoms with Gasteiger partial charge in [-0.25, -0.2) is 0 Å². The minimum atomic E-state index is -4.49. The van der Waals surface area contributed by atoms with Crippen molar-refractivity contribution in [3.8, 4) is 5.75 Å². The number of alkyl halides is 3. The fourth-order valence-corrected chi connectivity index (χ4v) is 4.10. The molecule has 1 fully saturated rings. The molecular formula is C20H19BrF3NO3. The number of carbonyl (C=O) groups is 1. The zero-order valence-corrected chi connectivity index (χ0v) is 16.6. The molecule has 28 heavy (non-hydrogen) atoms. The van der Waals surface area contributed by atoms with E-state index in [4.69, 9.17) is 4.74 Å². The quantitative estimate of drug-likeness (QED) is 0.677. The Morgan fingerprint density at radius 2 is 2.04 bits per heavy atom. The number of rotatable bonds is 5. The molecule has 1 aliphatic heterocycles. The van der Waals surface area contributed by atoms with Gasteiger partial charge in [0, 0.05) is 16.6 Å². The van der Waals surface area contributed by atoms with Gasteiger partial charge >= 0.3 is 12.1 Å². The van der Waals surface area contributed by atoms with E-state index in [1.807, 2.05) is 0 Å². The molecule has 0 aliphatic carbocycles. The summed E-state index contributed by atoms with van der Waals surface area (Å²) in [5.41, 5.74) is 0.221. The van der Waals surface area contributed by atoms with E-state index in [2.05, 4.69) is 15.9 Å². The highest BCUT2D eigenvalue weighted by molar-refractivity contribution is 9.10. The number of hydrogen-bond donors (Lipinski definition) is 1. The number of halogens is 4. The predicted molar refractivity (Wildman–Crippen MR) is 101 cm³/mol. The van der Waals surface area contributed by atoms with Gasteiger partial charge in [0.2, 0.25) is 0 Å². The van der Waals surface area contributed by atoms with Gasteiger partial charge in [0.1, 0.15) is 11.8 Å². The molecule has 8 heteroatoms. The second-order valence-corrected chi connectivity index (χ2v) is 7.56. The summed E-state index contributed by atoms with van der Waals surface area (Å²) in [4.78, 5) is 13.5. The molecule has 0 aromatic heterocycles. The summed E-state index contributed by atoms with van der Waals surface area (Å²) in [6.07, 6.45) is -3.39. The van der Waals surface area contributed by atoms with Crippen molar-refractivity contribution in [2.24, 2.45) is 0 Å². The Bertz CT molecular complexity index is 872. The highest BCUT2D eigenvalue weighted by Gasteiger charge is 2.39. The normalized spacial score (nSPS) is 18.8. The Labute approximate surface area is 169 Å². The van der Waals surface area contributed by atoms with Crippen molar-refractivity contribution in [3.05, 3.63) is 63.6 Å². The lowest BCUT2D eigenvalue weighted by Gasteiger charge is -2.33. The first-order chi connectivity index (χ1) is 13.2. The molecule has 2 aromatic carbocycles. The first-order valence-electron chi connectivity index (χ1n) is 8.71. The van der Waals surface area contributed by atoms with E-state index >= 15 is 0 Å². The van der Waals surface area contributed by atoms with Gasteiger partial charge < -0.3 is 9.84 Å². The van der Waals surface area contributed by atoms with Crippen LogP contribution >= 0.6 is 15.9 Å². The van der Waals surface area contributed by atoms with Crippen LogP contribution in [0.4, 0.5) is 13.2 Å². The predicted octanol–water partition coefficient (Wildman–Crippen LogP) is 5.11. The second kappa shape index (κ2) is 8.13. The van der Waals surface area contributed by atoms with Crippen molar-refractivity contribution in [1.29, 1.82) is 0 Å². The molecule has 1 saturated heterocycles. The number of carboxylic acids is 1. The number of methoxy groups -OCH3 is 1. The molecule has 0 radical (unpaired) electrons. The van der Waals surface area contributed by atoms with E-state index in [0.29, 0.717) is 36.3 Å². The van der Waals surface area contributed by atoms with Crippen LogP contribution in [0.15, 0.2) is 46.9 Å².